The van der Waals surface area contributed by atoms with Crippen molar-refractivity contribution < 1.29 is 34.2 Å². The number of para-hydroxylation sites is 2. The number of hydrogen-bond donors (Lipinski definition) is 2. The molecule has 0 saturated carbocycles. The van der Waals surface area contributed by atoms with Gasteiger partial charge in [0.2, 0.25) is 0 Å². The number of carboxylic acids is 2. The topological polar surface area (TPSA) is 111 Å². The van der Waals surface area contributed by atoms with Crippen LogP contribution >= 0.6 is 0 Å². The maximum absolute atomic E-state index is 12.1. The average Bonchev–Trinajstić information content (AvgIpc) is 3.09. The van der Waals surface area contributed by atoms with Crippen LogP contribution in [-0.4, -0.2) is 55.2 Å². The molecular weight excluding hydrogens is 340 g/mol. The lowest BCUT2D eigenvalue weighted by Crippen LogP contribution is -3.10. The second-order valence-corrected chi connectivity index (χ2v) is 6.01. The van der Waals surface area contributed by atoms with Crippen molar-refractivity contribution in [3.05, 3.63) is 36.4 Å². The molecule has 0 radical (unpaired) electrons. The Balaban J connectivity index is 0.000000260. The molecule has 26 heavy (non-hydrogen) atoms. The second-order valence-electron chi connectivity index (χ2n) is 6.01. The molecule has 2 atom stereocenters. The first kappa shape index (κ1) is 19.5. The number of carbonyl (C=O) groups excluding carboxylic acids is 2. The predicted octanol–water partition coefficient (Wildman–Crippen LogP) is -1.53. The zero-order chi connectivity index (χ0) is 19.1. The number of benzene rings is 1. The van der Waals surface area contributed by atoms with Crippen LogP contribution in [0.5, 0.6) is 5.75 Å². The van der Waals surface area contributed by atoms with Gasteiger partial charge in [-0.15, -0.1) is 0 Å². The quantitative estimate of drug-likeness (QED) is 0.629. The van der Waals surface area contributed by atoms with Crippen LogP contribution in [0.3, 0.4) is 0 Å². The van der Waals surface area contributed by atoms with Crippen LogP contribution in [0.25, 0.3) is 0 Å². The highest BCUT2D eigenvalue weighted by Gasteiger charge is 2.37. The number of hydrogen-bond acceptors (Lipinski definition) is 5. The van der Waals surface area contributed by atoms with Gasteiger partial charge in [0.1, 0.15) is 5.75 Å². The van der Waals surface area contributed by atoms with Gasteiger partial charge < -0.3 is 24.6 Å². The van der Waals surface area contributed by atoms with Crippen LogP contribution in [-0.2, 0) is 14.4 Å². The monoisotopic (exact) mass is 362 g/mol. The number of nitrogens with zero attached hydrogens (tertiary/aromatic N) is 1. The Kier molecular flexibility index (Phi) is 6.74. The lowest BCUT2D eigenvalue weighted by atomic mass is 10.1. The molecule has 2 heterocycles. The number of nitrogens with one attached hydrogen (secondary N) is 1. The van der Waals surface area contributed by atoms with Gasteiger partial charge in [-0.2, -0.15) is 0 Å². The van der Waals surface area contributed by atoms with Crippen molar-refractivity contribution in [2.75, 3.05) is 31.1 Å². The Morgan fingerprint density at radius 2 is 2.12 bits per heavy atom. The Hall–Kier alpha value is -2.87. The highest BCUT2D eigenvalue weighted by Crippen LogP contribution is 2.33. The lowest BCUT2D eigenvalue weighted by Gasteiger charge is -2.32. The molecule has 8 heteroatoms. The molecule has 8 nitrogen and oxygen atoms in total. The maximum Gasteiger partial charge on any atom is 0.328 e. The number of anilines is 1. The van der Waals surface area contributed by atoms with Gasteiger partial charge in [0.05, 0.1) is 37.3 Å². The molecule has 2 unspecified atom stereocenters. The highest BCUT2D eigenvalue weighted by molar-refractivity contribution is 5.98. The van der Waals surface area contributed by atoms with Gasteiger partial charge in [-0.05, 0) is 25.1 Å². The van der Waals surface area contributed by atoms with Crippen LogP contribution in [0.2, 0.25) is 0 Å². The van der Waals surface area contributed by atoms with Crippen molar-refractivity contribution in [1.82, 2.24) is 0 Å². The normalized spacial score (nSPS) is 21.6. The van der Waals surface area contributed by atoms with Crippen LogP contribution < -0.4 is 19.6 Å². The number of fused-ring (bicyclic) bond motifs is 1. The first-order valence-corrected chi connectivity index (χ1v) is 8.41. The Labute approximate surface area is 151 Å². The maximum atomic E-state index is 12.1. The fourth-order valence-corrected chi connectivity index (χ4v) is 3.11. The van der Waals surface area contributed by atoms with E-state index >= 15 is 0 Å². The van der Waals surface area contributed by atoms with E-state index in [1.807, 2.05) is 29.2 Å². The fourth-order valence-electron chi connectivity index (χ4n) is 3.11. The summed E-state index contributed by atoms with van der Waals surface area (Å²) in [7, 11) is 0. The zero-order valence-corrected chi connectivity index (χ0v) is 14.5. The summed E-state index contributed by atoms with van der Waals surface area (Å²) in [6.45, 7) is 5.73. The molecule has 0 aromatic heterocycles. The van der Waals surface area contributed by atoms with Crippen LogP contribution in [0.1, 0.15) is 13.3 Å². The van der Waals surface area contributed by atoms with Crippen LogP contribution in [0.4, 0.5) is 5.69 Å². The molecule has 2 aliphatic rings. The SMILES string of the molecule is CC[NH+]1CCC(N2C(=O)COc3ccccc32)C1.O=C([O-])/C=C/C(=O)O. The number of aliphatic carboxylic acids is 2. The summed E-state index contributed by atoms with van der Waals surface area (Å²) in [5.41, 5.74) is 0.941. The molecule has 0 aliphatic carbocycles. The van der Waals surface area contributed by atoms with Crippen LogP contribution in [0.15, 0.2) is 36.4 Å². The Morgan fingerprint density at radius 3 is 2.69 bits per heavy atom. The first-order chi connectivity index (χ1) is 12.4. The van der Waals surface area contributed by atoms with E-state index in [9.17, 15) is 19.5 Å². The van der Waals surface area contributed by atoms with Crippen molar-refractivity contribution in [2.24, 2.45) is 0 Å². The molecule has 1 aromatic rings. The molecule has 1 fully saturated rings. The number of ether oxygens (including phenoxy) is 1. The highest BCUT2D eigenvalue weighted by atomic mass is 16.5. The lowest BCUT2D eigenvalue weighted by molar-refractivity contribution is -0.885. The number of carbonyl (C=O) groups is 3. The van der Waals surface area contributed by atoms with E-state index in [1.54, 1.807) is 4.90 Å². The van der Waals surface area contributed by atoms with Gasteiger partial charge in [-0.1, -0.05) is 12.1 Å². The van der Waals surface area contributed by atoms with Crippen LogP contribution in [0, 0.1) is 0 Å². The molecule has 1 aromatic carbocycles. The molecular formula is C18H22N2O6. The first-order valence-electron chi connectivity index (χ1n) is 8.41. The number of rotatable bonds is 4. The van der Waals surface area contributed by atoms with Gasteiger partial charge in [-0.3, -0.25) is 9.69 Å². The van der Waals surface area contributed by atoms with E-state index in [-0.39, 0.29) is 12.5 Å². The van der Waals surface area contributed by atoms with Crippen molar-refractivity contribution in [1.29, 1.82) is 0 Å². The van der Waals surface area contributed by atoms with E-state index in [4.69, 9.17) is 9.84 Å². The van der Waals surface area contributed by atoms with Crippen molar-refractivity contribution in [3.63, 3.8) is 0 Å². The summed E-state index contributed by atoms with van der Waals surface area (Å²) in [5, 5.41) is 17.2. The van der Waals surface area contributed by atoms with Gasteiger partial charge in [0, 0.05) is 12.5 Å². The minimum Gasteiger partial charge on any atom is -0.545 e. The Morgan fingerprint density at radius 1 is 1.38 bits per heavy atom. The molecule has 140 valence electrons. The van der Waals surface area contributed by atoms with E-state index in [1.165, 1.54) is 0 Å². The van der Waals surface area contributed by atoms with Crippen molar-refractivity contribution in [2.45, 2.75) is 19.4 Å². The minimum absolute atomic E-state index is 0.0936. The molecule has 0 spiro atoms. The summed E-state index contributed by atoms with van der Waals surface area (Å²) in [6.07, 6.45) is 2.03. The van der Waals surface area contributed by atoms with E-state index in [0.29, 0.717) is 18.2 Å². The van der Waals surface area contributed by atoms with Gasteiger partial charge in [0.15, 0.2) is 6.61 Å². The van der Waals surface area contributed by atoms with Gasteiger partial charge >= 0.3 is 5.97 Å². The molecule has 3 rings (SSSR count). The van der Waals surface area contributed by atoms with Crippen molar-refractivity contribution in [3.8, 4) is 5.75 Å². The smallest absolute Gasteiger partial charge is 0.328 e. The number of amides is 1. The molecule has 2 aliphatic heterocycles. The zero-order valence-electron chi connectivity index (χ0n) is 14.5. The summed E-state index contributed by atoms with van der Waals surface area (Å²) >= 11 is 0. The largest absolute Gasteiger partial charge is 0.545 e. The third kappa shape index (κ3) is 5.06. The van der Waals surface area contributed by atoms with Gasteiger partial charge in [-0.25, -0.2) is 4.79 Å². The summed E-state index contributed by atoms with van der Waals surface area (Å²) in [4.78, 5) is 34.6. The third-order valence-corrected chi connectivity index (χ3v) is 4.33. The fraction of sp³-hybridized carbons (Fsp3) is 0.389. The summed E-state index contributed by atoms with van der Waals surface area (Å²) in [6, 6.07) is 8.17. The molecule has 1 saturated heterocycles. The number of quaternary nitrogens is 1. The summed E-state index contributed by atoms with van der Waals surface area (Å²) in [5.74, 6) is -1.88. The van der Waals surface area contributed by atoms with E-state index < -0.39 is 11.9 Å². The van der Waals surface area contributed by atoms with Crippen molar-refractivity contribution >= 4 is 23.5 Å². The third-order valence-electron chi connectivity index (χ3n) is 4.33. The number of likely N-dealkylation sites (N-methyl/N-ethyl adjacent to an activating group) is 1. The number of carboxylic acid groups (broad SMARTS) is 2. The molecule has 2 N–H and O–H groups in total. The Bertz CT molecular complexity index is 687. The number of likely N-dealkylation sites (tertiary alicyclic amines) is 1. The predicted molar refractivity (Wildman–Crippen MR) is 90.8 cm³/mol. The molecule has 0 bridgehead atoms. The minimum atomic E-state index is -1.51. The van der Waals surface area contributed by atoms with Gasteiger partial charge in [0.25, 0.3) is 5.91 Å². The standard InChI is InChI=1S/C14H18N2O2.C4H4O4/c1-2-15-8-7-11(9-15)16-12-5-3-4-6-13(12)18-10-14(16)17;5-3(6)1-2-4(7)8/h3-6,11H,2,7-10H2,1H3;1-2H,(H,5,6)(H,7,8)/b;2-1+. The van der Waals surface area contributed by atoms with E-state index in [2.05, 4.69) is 6.92 Å². The summed E-state index contributed by atoms with van der Waals surface area (Å²) < 4.78 is 5.48. The van der Waals surface area contributed by atoms with E-state index in [0.717, 1.165) is 37.5 Å². The average molecular weight is 362 g/mol. The second kappa shape index (κ2) is 9.00. The molecule has 1 amide bonds.